The molecule has 1 saturated heterocycles. The van der Waals surface area contributed by atoms with Crippen LogP contribution in [0.4, 0.5) is 0 Å². The average molecular weight is 238 g/mol. The number of nitrogens with zero attached hydrogens (tertiary/aromatic N) is 1. The summed E-state index contributed by atoms with van der Waals surface area (Å²) in [7, 11) is 0. The van der Waals surface area contributed by atoms with Crippen LogP contribution < -0.4 is 5.32 Å². The maximum Gasteiger partial charge on any atom is 0.0121 e. The molecule has 0 radical (unpaired) electrons. The summed E-state index contributed by atoms with van der Waals surface area (Å²) < 4.78 is 0. The molecule has 0 bridgehead atoms. The highest BCUT2D eigenvalue weighted by molar-refractivity contribution is 4.87. The molecule has 0 aromatic heterocycles. The molecule has 2 fully saturated rings. The summed E-state index contributed by atoms with van der Waals surface area (Å²) in [6.45, 7) is 10.9. The lowest BCUT2D eigenvalue weighted by Gasteiger charge is -2.36. The average Bonchev–Trinajstić information content (AvgIpc) is 2.75. The molecule has 17 heavy (non-hydrogen) atoms. The van der Waals surface area contributed by atoms with Crippen LogP contribution in [0.1, 0.15) is 52.9 Å². The second kappa shape index (κ2) is 6.19. The van der Waals surface area contributed by atoms with Crippen LogP contribution >= 0.6 is 0 Å². The van der Waals surface area contributed by atoms with Crippen molar-refractivity contribution in [1.82, 2.24) is 10.2 Å². The largest absolute Gasteiger partial charge is 0.314 e. The molecule has 1 aliphatic carbocycles. The maximum atomic E-state index is 3.60. The number of hydrogen-bond acceptors (Lipinski definition) is 2. The summed E-state index contributed by atoms with van der Waals surface area (Å²) in [4.78, 5) is 2.79. The third-order valence-electron chi connectivity index (χ3n) is 4.67. The Bertz CT molecular complexity index is 227. The van der Waals surface area contributed by atoms with Crippen LogP contribution in [0.5, 0.6) is 0 Å². The second-order valence-corrected chi connectivity index (χ2v) is 6.54. The first kappa shape index (κ1) is 13.4. The summed E-state index contributed by atoms with van der Waals surface area (Å²) in [5.74, 6) is 1.83. The van der Waals surface area contributed by atoms with E-state index >= 15 is 0 Å². The minimum Gasteiger partial charge on any atom is -0.314 e. The monoisotopic (exact) mass is 238 g/mol. The molecule has 0 spiro atoms. The summed E-state index contributed by atoms with van der Waals surface area (Å²) in [6, 6.07) is 1.53. The standard InChI is InChI=1S/C15H30N2/c1-12(2)16-10-14-8-9-17(11-14)15-7-5-4-6-13(15)3/h12-16H,4-11H2,1-3H3. The van der Waals surface area contributed by atoms with Crippen molar-refractivity contribution in [3.63, 3.8) is 0 Å². The van der Waals surface area contributed by atoms with Crippen molar-refractivity contribution in [2.24, 2.45) is 11.8 Å². The molecule has 3 atom stereocenters. The number of hydrogen-bond donors (Lipinski definition) is 1. The van der Waals surface area contributed by atoms with Gasteiger partial charge < -0.3 is 5.32 Å². The maximum absolute atomic E-state index is 3.60. The minimum atomic E-state index is 0.637. The highest BCUT2D eigenvalue weighted by Crippen LogP contribution is 2.31. The van der Waals surface area contributed by atoms with Crippen molar-refractivity contribution >= 4 is 0 Å². The lowest BCUT2D eigenvalue weighted by atomic mass is 9.85. The van der Waals surface area contributed by atoms with Crippen LogP contribution in [0.15, 0.2) is 0 Å². The molecular formula is C15H30N2. The molecule has 100 valence electrons. The van der Waals surface area contributed by atoms with Crippen LogP contribution in [0.2, 0.25) is 0 Å². The fraction of sp³-hybridized carbons (Fsp3) is 1.00. The van der Waals surface area contributed by atoms with Crippen LogP contribution in [-0.4, -0.2) is 36.6 Å². The molecule has 0 amide bonds. The molecule has 2 heteroatoms. The highest BCUT2D eigenvalue weighted by atomic mass is 15.2. The molecule has 0 aromatic carbocycles. The van der Waals surface area contributed by atoms with Gasteiger partial charge in [-0.1, -0.05) is 33.6 Å². The Hall–Kier alpha value is -0.0800. The van der Waals surface area contributed by atoms with Gasteiger partial charge in [0.15, 0.2) is 0 Å². The zero-order valence-corrected chi connectivity index (χ0v) is 11.9. The van der Waals surface area contributed by atoms with Gasteiger partial charge in [-0.25, -0.2) is 0 Å². The zero-order valence-electron chi connectivity index (χ0n) is 11.9. The van der Waals surface area contributed by atoms with E-state index in [0.717, 1.165) is 17.9 Å². The predicted molar refractivity (Wildman–Crippen MR) is 74.2 cm³/mol. The van der Waals surface area contributed by atoms with Crippen molar-refractivity contribution in [3.8, 4) is 0 Å². The van der Waals surface area contributed by atoms with Gasteiger partial charge in [0.1, 0.15) is 0 Å². The van der Waals surface area contributed by atoms with Gasteiger partial charge in [0.25, 0.3) is 0 Å². The lowest BCUT2D eigenvalue weighted by Crippen LogP contribution is -2.40. The Morgan fingerprint density at radius 3 is 2.65 bits per heavy atom. The second-order valence-electron chi connectivity index (χ2n) is 6.54. The highest BCUT2D eigenvalue weighted by Gasteiger charge is 2.32. The SMILES string of the molecule is CC(C)NCC1CCN(C2CCCCC2C)C1. The molecule has 1 aliphatic heterocycles. The van der Waals surface area contributed by atoms with Gasteiger partial charge in [-0.05, 0) is 44.2 Å². The molecule has 1 heterocycles. The van der Waals surface area contributed by atoms with E-state index in [0.29, 0.717) is 6.04 Å². The van der Waals surface area contributed by atoms with Gasteiger partial charge in [-0.2, -0.15) is 0 Å². The zero-order chi connectivity index (χ0) is 12.3. The van der Waals surface area contributed by atoms with E-state index in [2.05, 4.69) is 31.0 Å². The number of likely N-dealkylation sites (tertiary alicyclic amines) is 1. The van der Waals surface area contributed by atoms with E-state index < -0.39 is 0 Å². The molecule has 1 saturated carbocycles. The van der Waals surface area contributed by atoms with Gasteiger partial charge in [-0.15, -0.1) is 0 Å². The fourth-order valence-electron chi connectivity index (χ4n) is 3.57. The van der Waals surface area contributed by atoms with Crippen LogP contribution in [0.25, 0.3) is 0 Å². The Balaban J connectivity index is 1.76. The Labute approximate surface area is 107 Å². The van der Waals surface area contributed by atoms with Gasteiger partial charge in [0, 0.05) is 18.6 Å². The van der Waals surface area contributed by atoms with Gasteiger partial charge in [0.2, 0.25) is 0 Å². The third kappa shape index (κ3) is 3.69. The van der Waals surface area contributed by atoms with Gasteiger partial charge in [0.05, 0.1) is 0 Å². The lowest BCUT2D eigenvalue weighted by molar-refractivity contribution is 0.134. The van der Waals surface area contributed by atoms with Crippen LogP contribution in [0.3, 0.4) is 0 Å². The smallest absolute Gasteiger partial charge is 0.0121 e. The summed E-state index contributed by atoms with van der Waals surface area (Å²) in [5.41, 5.74) is 0. The molecule has 2 aliphatic rings. The summed E-state index contributed by atoms with van der Waals surface area (Å²) in [6.07, 6.45) is 7.23. The van der Waals surface area contributed by atoms with E-state index in [1.165, 1.54) is 51.7 Å². The summed E-state index contributed by atoms with van der Waals surface area (Å²) in [5, 5.41) is 3.60. The molecule has 2 nitrogen and oxygen atoms in total. The van der Waals surface area contributed by atoms with Crippen LogP contribution in [-0.2, 0) is 0 Å². The molecule has 2 rings (SSSR count). The van der Waals surface area contributed by atoms with E-state index in [1.807, 2.05) is 0 Å². The third-order valence-corrected chi connectivity index (χ3v) is 4.67. The summed E-state index contributed by atoms with van der Waals surface area (Å²) >= 11 is 0. The molecular weight excluding hydrogens is 208 g/mol. The normalized spacial score (nSPS) is 35.6. The topological polar surface area (TPSA) is 15.3 Å². The van der Waals surface area contributed by atoms with Crippen molar-refractivity contribution in [1.29, 1.82) is 0 Å². The fourth-order valence-corrected chi connectivity index (χ4v) is 3.57. The quantitative estimate of drug-likeness (QED) is 0.810. The van der Waals surface area contributed by atoms with E-state index in [4.69, 9.17) is 0 Å². The van der Waals surface area contributed by atoms with E-state index in [1.54, 1.807) is 0 Å². The molecule has 3 unspecified atom stereocenters. The Morgan fingerprint density at radius 2 is 1.94 bits per heavy atom. The van der Waals surface area contributed by atoms with Gasteiger partial charge in [-0.3, -0.25) is 4.90 Å². The van der Waals surface area contributed by atoms with Crippen molar-refractivity contribution in [2.75, 3.05) is 19.6 Å². The first-order chi connectivity index (χ1) is 8.16. The van der Waals surface area contributed by atoms with Crippen molar-refractivity contribution in [2.45, 2.75) is 65.0 Å². The predicted octanol–water partition coefficient (Wildman–Crippen LogP) is 2.89. The first-order valence-corrected chi connectivity index (χ1v) is 7.64. The number of rotatable bonds is 4. The Morgan fingerprint density at radius 1 is 1.18 bits per heavy atom. The van der Waals surface area contributed by atoms with Crippen molar-refractivity contribution < 1.29 is 0 Å². The van der Waals surface area contributed by atoms with Crippen molar-refractivity contribution in [3.05, 3.63) is 0 Å². The first-order valence-electron chi connectivity index (χ1n) is 7.64. The molecule has 0 aromatic rings. The Kier molecular flexibility index (Phi) is 4.87. The minimum absolute atomic E-state index is 0.637. The number of nitrogens with one attached hydrogen (secondary N) is 1. The van der Waals surface area contributed by atoms with Gasteiger partial charge >= 0.3 is 0 Å². The van der Waals surface area contributed by atoms with E-state index in [-0.39, 0.29) is 0 Å². The molecule has 1 N–H and O–H groups in total. The van der Waals surface area contributed by atoms with Crippen LogP contribution in [0, 0.1) is 11.8 Å². The van der Waals surface area contributed by atoms with E-state index in [9.17, 15) is 0 Å².